The number of ketones is 2. The predicted molar refractivity (Wildman–Crippen MR) is 112 cm³/mol. The fourth-order valence-corrected chi connectivity index (χ4v) is 7.80. The first-order valence-corrected chi connectivity index (χ1v) is 12.2. The fourth-order valence-electron chi connectivity index (χ4n) is 7.19. The van der Waals surface area contributed by atoms with Crippen LogP contribution in [0.15, 0.2) is 11.6 Å². The second kappa shape index (κ2) is 7.18. The summed E-state index contributed by atoms with van der Waals surface area (Å²) in [7, 11) is 0. The van der Waals surface area contributed by atoms with Crippen molar-refractivity contribution < 1.29 is 24.9 Å². The number of aliphatic hydroxyl groups excluding tert-OH is 2. The van der Waals surface area contributed by atoms with Gasteiger partial charge < -0.3 is 15.3 Å². The molecule has 5 nitrogen and oxygen atoms in total. The van der Waals surface area contributed by atoms with Crippen molar-refractivity contribution in [2.75, 3.05) is 11.5 Å². The van der Waals surface area contributed by atoms with E-state index in [1.807, 2.05) is 20.8 Å². The Morgan fingerprint density at radius 1 is 1.17 bits per heavy atom. The first-order chi connectivity index (χ1) is 13.6. The predicted octanol–water partition coefficient (Wildman–Crippen LogP) is 2.51. The molecule has 162 valence electrons. The molecule has 0 aliphatic heterocycles. The Morgan fingerprint density at radius 2 is 1.90 bits per heavy atom. The first-order valence-electron chi connectivity index (χ1n) is 11.0. The van der Waals surface area contributed by atoms with Crippen LogP contribution in [0.3, 0.4) is 0 Å². The molecule has 7 unspecified atom stereocenters. The molecular formula is C23H34O5S. The van der Waals surface area contributed by atoms with Gasteiger partial charge in [-0.05, 0) is 67.3 Å². The summed E-state index contributed by atoms with van der Waals surface area (Å²) in [5.41, 5.74) is -1.36. The highest BCUT2D eigenvalue weighted by Gasteiger charge is 2.67. The molecule has 0 aromatic heterocycles. The minimum atomic E-state index is -1.14. The number of Topliss-reactive ketones (excluding diaryl/α,β-unsaturated/α-hetero) is 1. The van der Waals surface area contributed by atoms with Gasteiger partial charge in [0.25, 0.3) is 0 Å². The average Bonchev–Trinajstić information content (AvgIpc) is 2.94. The zero-order valence-corrected chi connectivity index (χ0v) is 18.5. The number of rotatable bonds is 4. The van der Waals surface area contributed by atoms with Crippen molar-refractivity contribution in [3.63, 3.8) is 0 Å². The van der Waals surface area contributed by atoms with E-state index in [1.54, 1.807) is 17.8 Å². The van der Waals surface area contributed by atoms with Gasteiger partial charge in [-0.1, -0.05) is 20.8 Å². The lowest BCUT2D eigenvalue weighted by Gasteiger charge is -2.59. The Hall–Kier alpha value is -0.690. The molecule has 0 saturated heterocycles. The van der Waals surface area contributed by atoms with Crippen molar-refractivity contribution in [2.45, 2.75) is 77.1 Å². The molecule has 4 rings (SSSR count). The van der Waals surface area contributed by atoms with Gasteiger partial charge in [-0.2, -0.15) is 11.8 Å². The molecule has 0 bridgehead atoms. The van der Waals surface area contributed by atoms with E-state index in [2.05, 4.69) is 0 Å². The smallest absolute Gasteiger partial charge is 0.159 e. The summed E-state index contributed by atoms with van der Waals surface area (Å²) in [5.74, 6) is 1.07. The van der Waals surface area contributed by atoms with Crippen molar-refractivity contribution in [3.05, 3.63) is 11.6 Å². The van der Waals surface area contributed by atoms with Crippen molar-refractivity contribution in [1.82, 2.24) is 0 Å². The van der Waals surface area contributed by atoms with Gasteiger partial charge in [0, 0.05) is 17.3 Å². The summed E-state index contributed by atoms with van der Waals surface area (Å²) in [4.78, 5) is 26.0. The third-order valence-electron chi connectivity index (χ3n) is 8.95. The van der Waals surface area contributed by atoms with E-state index >= 15 is 0 Å². The summed E-state index contributed by atoms with van der Waals surface area (Å²) in [6, 6.07) is 0. The Labute approximate surface area is 177 Å². The van der Waals surface area contributed by atoms with E-state index in [4.69, 9.17) is 0 Å². The number of hydrogen-bond acceptors (Lipinski definition) is 6. The van der Waals surface area contributed by atoms with Crippen LogP contribution in [0, 0.1) is 28.6 Å². The number of carbonyl (C=O) groups is 2. The van der Waals surface area contributed by atoms with Crippen molar-refractivity contribution in [1.29, 1.82) is 0 Å². The Balaban J connectivity index is 1.71. The van der Waals surface area contributed by atoms with Crippen LogP contribution in [-0.2, 0) is 9.59 Å². The van der Waals surface area contributed by atoms with Crippen molar-refractivity contribution in [3.8, 4) is 0 Å². The number of fused-ring (bicyclic) bond motifs is 5. The van der Waals surface area contributed by atoms with Gasteiger partial charge in [0.05, 0.1) is 23.6 Å². The molecular weight excluding hydrogens is 388 g/mol. The summed E-state index contributed by atoms with van der Waals surface area (Å²) in [6.07, 6.45) is 3.31. The van der Waals surface area contributed by atoms with Crippen LogP contribution < -0.4 is 0 Å². The van der Waals surface area contributed by atoms with E-state index in [0.717, 1.165) is 24.2 Å². The van der Waals surface area contributed by atoms with Gasteiger partial charge in [-0.25, -0.2) is 0 Å². The highest BCUT2D eigenvalue weighted by molar-refractivity contribution is 7.99. The van der Waals surface area contributed by atoms with Crippen molar-refractivity contribution >= 4 is 23.3 Å². The van der Waals surface area contributed by atoms with Gasteiger partial charge in [-0.15, -0.1) is 0 Å². The molecule has 0 amide bonds. The van der Waals surface area contributed by atoms with Crippen LogP contribution in [0.1, 0.15) is 59.3 Å². The molecule has 0 radical (unpaired) electrons. The lowest BCUT2D eigenvalue weighted by Crippen LogP contribution is -2.61. The van der Waals surface area contributed by atoms with Gasteiger partial charge in [0.15, 0.2) is 5.78 Å². The van der Waals surface area contributed by atoms with Crippen LogP contribution in [0.25, 0.3) is 0 Å². The molecule has 4 aliphatic rings. The van der Waals surface area contributed by atoms with E-state index in [0.29, 0.717) is 25.0 Å². The molecule has 29 heavy (non-hydrogen) atoms. The van der Waals surface area contributed by atoms with Gasteiger partial charge >= 0.3 is 0 Å². The lowest BCUT2D eigenvalue weighted by molar-refractivity contribution is -0.153. The molecule has 0 heterocycles. The quantitative estimate of drug-likeness (QED) is 0.644. The average molecular weight is 423 g/mol. The molecule has 6 heteroatoms. The van der Waals surface area contributed by atoms with Crippen LogP contribution >= 0.6 is 11.8 Å². The zero-order chi connectivity index (χ0) is 21.2. The highest BCUT2D eigenvalue weighted by Crippen LogP contribution is 2.67. The summed E-state index contributed by atoms with van der Waals surface area (Å²) in [6.45, 7) is 6.12. The maximum absolute atomic E-state index is 13.1. The lowest BCUT2D eigenvalue weighted by atomic mass is 9.46. The van der Waals surface area contributed by atoms with Crippen LogP contribution in [-0.4, -0.2) is 56.2 Å². The largest absolute Gasteiger partial charge is 0.390 e. The minimum absolute atomic E-state index is 0.00398. The second-order valence-electron chi connectivity index (χ2n) is 10.2. The zero-order valence-electron chi connectivity index (χ0n) is 17.7. The minimum Gasteiger partial charge on any atom is -0.390 e. The normalized spacial score (nSPS) is 49.1. The molecule has 8 atom stereocenters. The van der Waals surface area contributed by atoms with Crippen molar-refractivity contribution in [2.24, 2.45) is 28.6 Å². The number of hydrogen-bond donors (Lipinski definition) is 3. The number of allylic oxidation sites excluding steroid dienone is 1. The molecule has 3 N–H and O–H groups in total. The fraction of sp³-hybridized carbons (Fsp3) is 0.826. The highest BCUT2D eigenvalue weighted by atomic mass is 32.2. The second-order valence-corrected chi connectivity index (χ2v) is 11.5. The van der Waals surface area contributed by atoms with E-state index in [-0.39, 0.29) is 35.7 Å². The maximum atomic E-state index is 13.1. The third kappa shape index (κ3) is 2.93. The van der Waals surface area contributed by atoms with Gasteiger partial charge in [0.1, 0.15) is 5.78 Å². The molecule has 3 saturated carbocycles. The monoisotopic (exact) mass is 422 g/mol. The van der Waals surface area contributed by atoms with E-state index < -0.39 is 28.6 Å². The third-order valence-corrected chi connectivity index (χ3v) is 9.85. The van der Waals surface area contributed by atoms with E-state index in [9.17, 15) is 24.9 Å². The van der Waals surface area contributed by atoms with Gasteiger partial charge in [0.2, 0.25) is 0 Å². The number of thioether (sulfide) groups is 1. The molecule has 0 aromatic rings. The Kier molecular flexibility index (Phi) is 5.33. The first kappa shape index (κ1) is 21.5. The number of carbonyl (C=O) groups excluding carboxylic acids is 2. The summed E-state index contributed by atoms with van der Waals surface area (Å²) >= 11 is 1.63. The standard InChI is InChI=1S/C23H34O5S/c1-4-29-12-20(27)14-6-8-23(28)15-9-17(24)16-10-18(25)19(26)11-21(16,2)13(15)5-7-22(14,23)3/h9,13-14,16,18-19,25-26,28H,4-8,10-12H2,1-3H3/t13?,14?,16?,18?,19-,21?,22?,23?/m0/s1. The van der Waals surface area contributed by atoms with Crippen LogP contribution in [0.4, 0.5) is 0 Å². The van der Waals surface area contributed by atoms with Gasteiger partial charge in [-0.3, -0.25) is 9.59 Å². The SMILES string of the molecule is CCSCC(=O)C1CCC2(O)C3=CC(=O)C4CC(O)[C@@H](O)CC4(C)C3CCC12C. The summed E-state index contributed by atoms with van der Waals surface area (Å²) in [5, 5.41) is 32.5. The van der Waals surface area contributed by atoms with E-state index in [1.165, 1.54) is 0 Å². The molecule has 0 spiro atoms. The number of aliphatic hydroxyl groups is 3. The molecule has 3 fully saturated rings. The molecule has 4 aliphatic carbocycles. The Morgan fingerprint density at radius 3 is 2.59 bits per heavy atom. The topological polar surface area (TPSA) is 94.8 Å². The van der Waals surface area contributed by atoms with Crippen LogP contribution in [0.5, 0.6) is 0 Å². The van der Waals surface area contributed by atoms with Crippen LogP contribution in [0.2, 0.25) is 0 Å². The summed E-state index contributed by atoms with van der Waals surface area (Å²) < 4.78 is 0. The maximum Gasteiger partial charge on any atom is 0.159 e. The molecule has 0 aromatic carbocycles. The Bertz CT molecular complexity index is 750.